The quantitative estimate of drug-likeness (QED) is 0.724. The Morgan fingerprint density at radius 2 is 2.11 bits per heavy atom. The highest BCUT2D eigenvalue weighted by molar-refractivity contribution is 9.10. The van der Waals surface area contributed by atoms with Gasteiger partial charge in [0, 0.05) is 34.3 Å². The third-order valence-corrected chi connectivity index (χ3v) is 3.52. The number of pyridine rings is 1. The van der Waals surface area contributed by atoms with Gasteiger partial charge in [-0.25, -0.2) is 4.98 Å². The first-order valence-electron chi connectivity index (χ1n) is 5.86. The number of fused-ring (bicyclic) bond motifs is 1. The fraction of sp³-hybridized carbons (Fsp3) is 0.0667. The smallest absolute Gasteiger partial charge is 0.140 e. The van der Waals surface area contributed by atoms with E-state index in [2.05, 4.69) is 55.9 Å². The van der Waals surface area contributed by atoms with Crippen LogP contribution in [0.3, 0.4) is 0 Å². The molecule has 3 nitrogen and oxygen atoms in total. The molecule has 0 saturated carbocycles. The molecule has 2 heterocycles. The molecule has 0 amide bonds. The second kappa shape index (κ2) is 4.87. The van der Waals surface area contributed by atoms with E-state index in [0.29, 0.717) is 5.69 Å². The highest BCUT2D eigenvalue weighted by Crippen LogP contribution is 2.21. The zero-order chi connectivity index (χ0) is 13.2. The van der Waals surface area contributed by atoms with Crippen molar-refractivity contribution in [3.63, 3.8) is 0 Å². The molecule has 0 bridgehead atoms. The summed E-state index contributed by atoms with van der Waals surface area (Å²) in [5, 5.41) is 10.1. The predicted molar refractivity (Wildman–Crippen MR) is 77.7 cm³/mol. The third-order valence-electron chi connectivity index (χ3n) is 3.02. The van der Waals surface area contributed by atoms with Crippen LogP contribution in [-0.2, 0) is 6.54 Å². The van der Waals surface area contributed by atoms with E-state index in [1.807, 2.05) is 18.2 Å². The third kappa shape index (κ3) is 2.38. The van der Waals surface area contributed by atoms with Gasteiger partial charge in [0.05, 0.1) is 0 Å². The van der Waals surface area contributed by atoms with Crippen LogP contribution >= 0.6 is 15.9 Å². The Bertz CT molecular complexity index is 783. The van der Waals surface area contributed by atoms with Crippen LogP contribution in [-0.4, -0.2) is 9.55 Å². The lowest BCUT2D eigenvalue weighted by Crippen LogP contribution is -1.98. The van der Waals surface area contributed by atoms with E-state index in [-0.39, 0.29) is 0 Å². The molecule has 0 fully saturated rings. The Morgan fingerprint density at radius 1 is 1.21 bits per heavy atom. The summed E-state index contributed by atoms with van der Waals surface area (Å²) < 4.78 is 3.24. The van der Waals surface area contributed by atoms with Crippen LogP contribution in [0.25, 0.3) is 10.9 Å². The van der Waals surface area contributed by atoms with Crippen molar-refractivity contribution in [2.75, 3.05) is 0 Å². The van der Waals surface area contributed by atoms with E-state index in [4.69, 9.17) is 5.26 Å². The van der Waals surface area contributed by atoms with Gasteiger partial charge < -0.3 is 4.57 Å². The van der Waals surface area contributed by atoms with Crippen molar-refractivity contribution < 1.29 is 0 Å². The molecule has 1 aromatic carbocycles. The summed E-state index contributed by atoms with van der Waals surface area (Å²) >= 11 is 3.47. The summed E-state index contributed by atoms with van der Waals surface area (Å²) in [5.74, 6) is 0. The molecule has 0 spiro atoms. The Morgan fingerprint density at radius 3 is 2.95 bits per heavy atom. The van der Waals surface area contributed by atoms with E-state index >= 15 is 0 Å². The normalized spacial score (nSPS) is 10.5. The zero-order valence-electron chi connectivity index (χ0n) is 10.0. The van der Waals surface area contributed by atoms with Crippen LogP contribution in [0, 0.1) is 11.3 Å². The van der Waals surface area contributed by atoms with Crippen molar-refractivity contribution in [3.05, 3.63) is 64.5 Å². The molecular formula is C15H10BrN3. The highest BCUT2D eigenvalue weighted by atomic mass is 79.9. The van der Waals surface area contributed by atoms with Gasteiger partial charge in [0.25, 0.3) is 0 Å². The monoisotopic (exact) mass is 311 g/mol. The summed E-state index contributed by atoms with van der Waals surface area (Å²) in [5.41, 5.74) is 2.71. The summed E-state index contributed by atoms with van der Waals surface area (Å²) in [6.07, 6.45) is 3.74. The molecule has 0 unspecified atom stereocenters. The number of nitriles is 1. The fourth-order valence-electron chi connectivity index (χ4n) is 2.14. The van der Waals surface area contributed by atoms with E-state index < -0.39 is 0 Å². The molecule has 4 heteroatoms. The number of rotatable bonds is 2. The van der Waals surface area contributed by atoms with Crippen molar-refractivity contribution in [2.45, 2.75) is 6.54 Å². The van der Waals surface area contributed by atoms with Crippen LogP contribution in [0.1, 0.15) is 11.3 Å². The van der Waals surface area contributed by atoms with Gasteiger partial charge in [-0.15, -0.1) is 0 Å². The molecule has 0 saturated heterocycles. The predicted octanol–water partition coefficient (Wildman–Crippen LogP) is 3.72. The van der Waals surface area contributed by atoms with Crippen LogP contribution in [0.2, 0.25) is 0 Å². The van der Waals surface area contributed by atoms with Gasteiger partial charge in [-0.2, -0.15) is 5.26 Å². The van der Waals surface area contributed by atoms with Crippen molar-refractivity contribution in [1.29, 1.82) is 5.26 Å². The molecule has 0 atom stereocenters. The van der Waals surface area contributed by atoms with Crippen LogP contribution in [0.4, 0.5) is 0 Å². The Hall–Kier alpha value is -2.12. The lowest BCUT2D eigenvalue weighted by Gasteiger charge is -2.06. The Labute approximate surface area is 119 Å². The van der Waals surface area contributed by atoms with Gasteiger partial charge in [0.2, 0.25) is 0 Å². The molecule has 0 aliphatic heterocycles. The molecule has 19 heavy (non-hydrogen) atoms. The minimum atomic E-state index is 0.455. The maximum absolute atomic E-state index is 8.87. The first-order chi connectivity index (χ1) is 9.26. The molecule has 3 aromatic rings. The van der Waals surface area contributed by atoms with Gasteiger partial charge in [-0.05, 0) is 42.0 Å². The molecule has 0 radical (unpaired) electrons. The van der Waals surface area contributed by atoms with Crippen LogP contribution < -0.4 is 0 Å². The maximum atomic E-state index is 8.87. The zero-order valence-corrected chi connectivity index (χ0v) is 11.6. The number of hydrogen-bond donors (Lipinski definition) is 0. The van der Waals surface area contributed by atoms with E-state index in [1.54, 1.807) is 6.20 Å². The average Bonchev–Trinajstić information content (AvgIpc) is 2.81. The fourth-order valence-corrected chi connectivity index (χ4v) is 2.52. The van der Waals surface area contributed by atoms with Gasteiger partial charge in [-0.1, -0.05) is 15.9 Å². The molecule has 0 aliphatic carbocycles. The topological polar surface area (TPSA) is 41.6 Å². The summed E-state index contributed by atoms with van der Waals surface area (Å²) in [6.45, 7) is 0.738. The van der Waals surface area contributed by atoms with E-state index in [1.165, 1.54) is 10.9 Å². The molecule has 2 aromatic heterocycles. The Kier molecular flexibility index (Phi) is 3.06. The first kappa shape index (κ1) is 11.9. The number of aromatic nitrogens is 2. The van der Waals surface area contributed by atoms with Crippen molar-refractivity contribution >= 4 is 26.8 Å². The lowest BCUT2D eigenvalue weighted by molar-refractivity contribution is 0.834. The molecule has 0 N–H and O–H groups in total. The molecule has 92 valence electrons. The van der Waals surface area contributed by atoms with Crippen molar-refractivity contribution in [3.8, 4) is 6.07 Å². The van der Waals surface area contributed by atoms with E-state index in [9.17, 15) is 0 Å². The Balaban J connectivity index is 1.99. The van der Waals surface area contributed by atoms with Gasteiger partial charge in [-0.3, -0.25) is 0 Å². The second-order valence-corrected chi connectivity index (χ2v) is 5.22. The van der Waals surface area contributed by atoms with Gasteiger partial charge >= 0.3 is 0 Å². The molecular weight excluding hydrogens is 302 g/mol. The number of benzene rings is 1. The second-order valence-electron chi connectivity index (χ2n) is 4.31. The first-order valence-corrected chi connectivity index (χ1v) is 6.65. The van der Waals surface area contributed by atoms with Crippen LogP contribution in [0.15, 0.2) is 53.3 Å². The average molecular weight is 312 g/mol. The van der Waals surface area contributed by atoms with Crippen LogP contribution in [0.5, 0.6) is 0 Å². The van der Waals surface area contributed by atoms with E-state index in [0.717, 1.165) is 16.6 Å². The largest absolute Gasteiger partial charge is 0.343 e. The SMILES string of the molecule is N#Cc1cc(Cn2ccc3cc(Br)ccc32)ccn1. The maximum Gasteiger partial charge on any atom is 0.140 e. The minimum Gasteiger partial charge on any atom is -0.343 e. The van der Waals surface area contributed by atoms with Crippen molar-refractivity contribution in [2.24, 2.45) is 0 Å². The minimum absolute atomic E-state index is 0.455. The molecule has 3 rings (SSSR count). The van der Waals surface area contributed by atoms with Crippen molar-refractivity contribution in [1.82, 2.24) is 9.55 Å². The van der Waals surface area contributed by atoms with Gasteiger partial charge in [0.1, 0.15) is 11.8 Å². The summed E-state index contributed by atoms with van der Waals surface area (Å²) in [4.78, 5) is 3.98. The highest BCUT2D eigenvalue weighted by Gasteiger charge is 2.03. The summed E-state index contributed by atoms with van der Waals surface area (Å²) in [6, 6.07) is 14.1. The van der Waals surface area contributed by atoms with Gasteiger partial charge in [0.15, 0.2) is 0 Å². The lowest BCUT2D eigenvalue weighted by atomic mass is 10.2. The molecule has 0 aliphatic rings. The number of nitrogens with zero attached hydrogens (tertiary/aromatic N) is 3. The summed E-state index contributed by atoms with van der Waals surface area (Å²) in [7, 11) is 0. The number of hydrogen-bond acceptors (Lipinski definition) is 2. The number of halogens is 1. The standard InChI is InChI=1S/C15H10BrN3/c16-13-1-2-15-12(8-13)4-6-19(15)10-11-3-5-18-14(7-11)9-17/h1-8H,10H2.